The molecular weight excluding hydrogens is 176 g/mol. The second kappa shape index (κ2) is 2.71. The highest BCUT2D eigenvalue weighted by Crippen LogP contribution is 1.90. The van der Waals surface area contributed by atoms with E-state index in [0.717, 1.165) is 12.5 Å². The molecule has 6 heteroatoms. The zero-order valence-electron chi connectivity index (χ0n) is 5.60. The molecule has 0 unspecified atom stereocenters. The predicted molar refractivity (Wildman–Crippen MR) is 38.8 cm³/mol. The van der Waals surface area contributed by atoms with Crippen LogP contribution in [0.3, 0.4) is 0 Å². The summed E-state index contributed by atoms with van der Waals surface area (Å²) in [5, 5.41) is 1.31. The summed E-state index contributed by atoms with van der Waals surface area (Å²) in [5.41, 5.74) is 0. The first kappa shape index (κ1) is 9.64. The first-order chi connectivity index (χ1) is 4.21. The van der Waals surface area contributed by atoms with Crippen molar-refractivity contribution in [3.63, 3.8) is 0 Å². The van der Waals surface area contributed by atoms with E-state index < -0.39 is 19.7 Å². The molecule has 0 aromatic carbocycles. The van der Waals surface area contributed by atoms with Crippen molar-refractivity contribution in [1.82, 2.24) is 0 Å². The van der Waals surface area contributed by atoms with Crippen LogP contribution in [0.4, 0.5) is 0 Å². The third-order valence-electron chi connectivity index (χ3n) is 0.550. The molecule has 0 heterocycles. The van der Waals surface area contributed by atoms with Crippen LogP contribution in [0.5, 0.6) is 0 Å². The molecule has 0 saturated carbocycles. The van der Waals surface area contributed by atoms with E-state index in [2.05, 4.69) is 0 Å². The second-order valence-electron chi connectivity index (χ2n) is 1.93. The molecule has 10 heavy (non-hydrogen) atoms. The molecule has 0 atom stereocenters. The summed E-state index contributed by atoms with van der Waals surface area (Å²) in [4.78, 5) is 0. The van der Waals surface area contributed by atoms with Gasteiger partial charge in [0, 0.05) is 23.3 Å². The van der Waals surface area contributed by atoms with Crippen molar-refractivity contribution in [3.8, 4) is 0 Å². The van der Waals surface area contributed by atoms with Gasteiger partial charge in [0.05, 0.1) is 0 Å². The molecule has 0 saturated heterocycles. The average Bonchev–Trinajstić information content (AvgIpc) is 1.57. The van der Waals surface area contributed by atoms with Crippen molar-refractivity contribution in [2.75, 3.05) is 12.5 Å². The van der Waals surface area contributed by atoms with Crippen LogP contribution in [0, 0.1) is 0 Å². The van der Waals surface area contributed by atoms with Gasteiger partial charge >= 0.3 is 0 Å². The summed E-state index contributed by atoms with van der Waals surface area (Å²) in [6.45, 7) is 0. The molecule has 0 radical (unpaired) electrons. The van der Waals surface area contributed by atoms with Gasteiger partial charge in [-0.2, -0.15) is 0 Å². The van der Waals surface area contributed by atoms with Gasteiger partial charge in [0.2, 0.25) is 0 Å². The number of hydrogen-bond donors (Lipinski definition) is 0. The Morgan fingerprint density at radius 2 is 1.00 bits per heavy atom. The fourth-order valence-electron chi connectivity index (χ4n) is 0.202. The molecule has 60 valence electrons. The van der Waals surface area contributed by atoms with Crippen LogP contribution in [-0.4, -0.2) is 29.3 Å². The molecule has 0 aromatic rings. The normalized spacial score (nSPS) is 14.2. The molecule has 0 fully saturated rings. The highest BCUT2D eigenvalue weighted by atomic mass is 32.2. The fraction of sp³-hybridized carbons (Fsp3) is 0.500. The van der Waals surface area contributed by atoms with Crippen molar-refractivity contribution in [3.05, 3.63) is 10.8 Å². The Hall–Kier alpha value is -0.360. The number of hydrogen-bond acceptors (Lipinski definition) is 4. The van der Waals surface area contributed by atoms with E-state index in [1.165, 1.54) is 0 Å². The van der Waals surface area contributed by atoms with Crippen LogP contribution in [0.1, 0.15) is 0 Å². The van der Waals surface area contributed by atoms with E-state index in [1.54, 1.807) is 0 Å². The lowest BCUT2D eigenvalue weighted by atomic mass is 11.3. The molecule has 4 nitrogen and oxygen atoms in total. The molecule has 0 aliphatic rings. The lowest BCUT2D eigenvalue weighted by Crippen LogP contribution is -1.93. The van der Waals surface area contributed by atoms with Crippen LogP contribution in [0.25, 0.3) is 0 Å². The van der Waals surface area contributed by atoms with E-state index in [9.17, 15) is 16.8 Å². The first-order valence-electron chi connectivity index (χ1n) is 2.29. The van der Waals surface area contributed by atoms with E-state index in [1.807, 2.05) is 0 Å². The third-order valence-corrected chi connectivity index (χ3v) is 1.98. The van der Waals surface area contributed by atoms with Crippen molar-refractivity contribution in [1.29, 1.82) is 0 Å². The Kier molecular flexibility index (Phi) is 2.61. The molecule has 0 aromatic heterocycles. The second-order valence-corrected chi connectivity index (χ2v) is 5.79. The minimum atomic E-state index is -3.32. The van der Waals surface area contributed by atoms with E-state index in [-0.39, 0.29) is 0 Å². The molecule has 0 spiro atoms. The average molecular weight is 184 g/mol. The summed E-state index contributed by atoms with van der Waals surface area (Å²) in [6.07, 6.45) is 1.85. The van der Waals surface area contributed by atoms with Gasteiger partial charge in [-0.05, 0) is 0 Å². The highest BCUT2D eigenvalue weighted by molar-refractivity contribution is 7.97. The number of sulfone groups is 2. The molecule has 0 amide bonds. The summed E-state index contributed by atoms with van der Waals surface area (Å²) in [7, 11) is -6.63. The molecule has 0 N–H and O–H groups in total. The van der Waals surface area contributed by atoms with Crippen molar-refractivity contribution in [2.45, 2.75) is 0 Å². The van der Waals surface area contributed by atoms with Gasteiger partial charge in [-0.1, -0.05) is 0 Å². The van der Waals surface area contributed by atoms with Gasteiger partial charge in [-0.3, -0.25) is 0 Å². The molecule has 0 bridgehead atoms. The number of rotatable bonds is 2. The summed E-state index contributed by atoms with van der Waals surface area (Å²) in [5.74, 6) is 0. The quantitative estimate of drug-likeness (QED) is 0.582. The lowest BCUT2D eigenvalue weighted by molar-refractivity contribution is 0.606. The van der Waals surface area contributed by atoms with E-state index >= 15 is 0 Å². The van der Waals surface area contributed by atoms with Crippen LogP contribution < -0.4 is 0 Å². The fourth-order valence-corrected chi connectivity index (χ4v) is 1.82. The van der Waals surface area contributed by atoms with E-state index in [4.69, 9.17) is 0 Å². The summed E-state index contributed by atoms with van der Waals surface area (Å²) < 4.78 is 41.3. The molecule has 0 aliphatic carbocycles. The van der Waals surface area contributed by atoms with Gasteiger partial charge < -0.3 is 0 Å². The van der Waals surface area contributed by atoms with Crippen LogP contribution >= 0.6 is 0 Å². The topological polar surface area (TPSA) is 68.3 Å². The Bertz CT molecular complexity index is 284. The minimum absolute atomic E-state index is 0.655. The molecule has 0 rings (SSSR count). The Balaban J connectivity index is 4.64. The predicted octanol–water partition coefficient (Wildman–Crippen LogP) is -0.453. The maximum absolute atomic E-state index is 10.3. The molecule has 0 aliphatic heterocycles. The summed E-state index contributed by atoms with van der Waals surface area (Å²) in [6, 6.07) is 0. The van der Waals surface area contributed by atoms with Crippen molar-refractivity contribution in [2.24, 2.45) is 0 Å². The van der Waals surface area contributed by atoms with Crippen LogP contribution in [-0.2, 0) is 19.7 Å². The SMILES string of the molecule is CS(=O)(=O)/C=C/S(C)(=O)=O. The summed E-state index contributed by atoms with van der Waals surface area (Å²) >= 11 is 0. The smallest absolute Gasteiger partial charge is 0.169 e. The van der Waals surface area contributed by atoms with Gasteiger partial charge in [0.1, 0.15) is 0 Å². The maximum atomic E-state index is 10.3. The van der Waals surface area contributed by atoms with E-state index in [0.29, 0.717) is 10.8 Å². The zero-order valence-corrected chi connectivity index (χ0v) is 7.24. The Morgan fingerprint density at radius 1 is 0.800 bits per heavy atom. The molecular formula is C4H8O4S2. The van der Waals surface area contributed by atoms with Crippen molar-refractivity contribution < 1.29 is 16.8 Å². The standard InChI is InChI=1S/C4H8O4S2/c1-9(5,6)3-4-10(2,7)8/h3-4H,1-2H3/b4-3+. The Morgan fingerprint density at radius 3 is 1.10 bits per heavy atom. The van der Waals surface area contributed by atoms with Gasteiger partial charge in [0.15, 0.2) is 19.7 Å². The van der Waals surface area contributed by atoms with Gasteiger partial charge in [-0.15, -0.1) is 0 Å². The highest BCUT2D eigenvalue weighted by Gasteiger charge is 1.97. The first-order valence-corrected chi connectivity index (χ1v) is 6.20. The Labute approximate surface area is 60.4 Å². The van der Waals surface area contributed by atoms with Crippen LogP contribution in [0.15, 0.2) is 10.8 Å². The monoisotopic (exact) mass is 184 g/mol. The zero-order chi connectivity index (χ0) is 8.41. The minimum Gasteiger partial charge on any atom is -0.225 e. The van der Waals surface area contributed by atoms with Gasteiger partial charge in [-0.25, -0.2) is 16.8 Å². The third kappa shape index (κ3) is 7.64. The van der Waals surface area contributed by atoms with Crippen LogP contribution in [0.2, 0.25) is 0 Å². The van der Waals surface area contributed by atoms with Crippen molar-refractivity contribution >= 4 is 19.7 Å². The maximum Gasteiger partial charge on any atom is 0.169 e. The lowest BCUT2D eigenvalue weighted by Gasteiger charge is -1.84. The van der Waals surface area contributed by atoms with Gasteiger partial charge in [0.25, 0.3) is 0 Å². The largest absolute Gasteiger partial charge is 0.225 e.